The second-order valence-corrected chi connectivity index (χ2v) is 9.44. The van der Waals surface area contributed by atoms with Crippen molar-refractivity contribution in [1.29, 1.82) is 0 Å². The van der Waals surface area contributed by atoms with Crippen molar-refractivity contribution in [2.45, 2.75) is 51.2 Å². The SMILES string of the molecule is CCOC12C=C([C@@H]3CC(=O)N(CC(=O)Nc4nc(C(C)C)ns4)C3)C=CC1C2(C)O. The lowest BCUT2D eigenvalue weighted by molar-refractivity contribution is -0.131. The van der Waals surface area contributed by atoms with E-state index in [9.17, 15) is 14.7 Å². The summed E-state index contributed by atoms with van der Waals surface area (Å²) in [4.78, 5) is 30.8. The van der Waals surface area contributed by atoms with Gasteiger partial charge in [0.05, 0.1) is 6.54 Å². The number of aliphatic hydroxyl groups is 1. The topological polar surface area (TPSA) is 105 Å². The normalized spacial score (nSPS) is 32.4. The Hall–Kier alpha value is -2.10. The molecule has 1 aromatic heterocycles. The minimum Gasteiger partial charge on any atom is -0.386 e. The maximum atomic E-state index is 12.5. The fourth-order valence-electron chi connectivity index (χ4n) is 4.47. The van der Waals surface area contributed by atoms with Crippen molar-refractivity contribution in [1.82, 2.24) is 14.3 Å². The first kappa shape index (κ1) is 21.1. The van der Waals surface area contributed by atoms with Gasteiger partial charge in [-0.3, -0.25) is 14.9 Å². The number of carbonyl (C=O) groups is 2. The summed E-state index contributed by atoms with van der Waals surface area (Å²) in [5.41, 5.74) is -0.648. The van der Waals surface area contributed by atoms with Gasteiger partial charge in [0.1, 0.15) is 17.0 Å². The zero-order valence-electron chi connectivity index (χ0n) is 17.7. The lowest BCUT2D eigenvalue weighted by Crippen LogP contribution is -2.34. The molecule has 3 aliphatic rings. The molecule has 2 aliphatic carbocycles. The lowest BCUT2D eigenvalue weighted by atomic mass is 9.92. The van der Waals surface area contributed by atoms with Gasteiger partial charge in [-0.05, 0) is 25.5 Å². The third-order valence-electron chi connectivity index (χ3n) is 6.25. The van der Waals surface area contributed by atoms with Crippen LogP contribution < -0.4 is 5.32 Å². The fourth-order valence-corrected chi connectivity index (χ4v) is 5.20. The number of anilines is 1. The van der Waals surface area contributed by atoms with E-state index in [2.05, 4.69) is 14.7 Å². The summed E-state index contributed by atoms with van der Waals surface area (Å²) >= 11 is 1.14. The molecule has 4 atom stereocenters. The molecule has 1 aliphatic heterocycles. The average molecular weight is 433 g/mol. The van der Waals surface area contributed by atoms with Gasteiger partial charge >= 0.3 is 0 Å². The van der Waals surface area contributed by atoms with E-state index in [0.717, 1.165) is 17.1 Å². The summed E-state index contributed by atoms with van der Waals surface area (Å²) in [5, 5.41) is 13.9. The summed E-state index contributed by atoms with van der Waals surface area (Å²) < 4.78 is 10.1. The predicted octanol–water partition coefficient (Wildman–Crippen LogP) is 2.10. The number of hydrogen-bond donors (Lipinski definition) is 2. The number of fused-ring (bicyclic) bond motifs is 1. The Morgan fingerprint density at radius 3 is 2.93 bits per heavy atom. The maximum absolute atomic E-state index is 12.5. The third-order valence-corrected chi connectivity index (χ3v) is 6.89. The van der Waals surface area contributed by atoms with Gasteiger partial charge in [0.15, 0.2) is 0 Å². The number of allylic oxidation sites excluding steroid dienone is 1. The van der Waals surface area contributed by atoms with Gasteiger partial charge in [0.2, 0.25) is 16.9 Å². The number of amides is 2. The molecule has 2 fully saturated rings. The highest BCUT2D eigenvalue weighted by molar-refractivity contribution is 7.09. The Balaban J connectivity index is 1.39. The quantitative estimate of drug-likeness (QED) is 0.684. The molecule has 1 saturated heterocycles. The van der Waals surface area contributed by atoms with E-state index < -0.39 is 11.2 Å². The molecule has 4 rings (SSSR count). The minimum absolute atomic E-state index is 0.0140. The molecule has 0 aromatic carbocycles. The largest absolute Gasteiger partial charge is 0.386 e. The van der Waals surface area contributed by atoms with Crippen LogP contribution >= 0.6 is 11.5 Å². The molecule has 8 nitrogen and oxygen atoms in total. The number of rotatable bonds is 7. The van der Waals surface area contributed by atoms with Crippen LogP contribution in [0.5, 0.6) is 0 Å². The van der Waals surface area contributed by atoms with Crippen molar-refractivity contribution < 1.29 is 19.4 Å². The van der Waals surface area contributed by atoms with Gasteiger partial charge < -0.3 is 14.7 Å². The second kappa shape index (κ2) is 7.55. The first-order valence-corrected chi connectivity index (χ1v) is 11.1. The van der Waals surface area contributed by atoms with Gasteiger partial charge in [-0.2, -0.15) is 4.37 Å². The third kappa shape index (κ3) is 3.48. The molecule has 2 N–H and O–H groups in total. The van der Waals surface area contributed by atoms with E-state index in [4.69, 9.17) is 4.74 Å². The van der Waals surface area contributed by atoms with E-state index in [1.165, 1.54) is 0 Å². The number of carbonyl (C=O) groups excluding carboxylic acids is 2. The fraction of sp³-hybridized carbons (Fsp3) is 0.619. The molecule has 2 heterocycles. The van der Waals surface area contributed by atoms with Crippen molar-refractivity contribution in [2.24, 2.45) is 11.8 Å². The predicted molar refractivity (Wildman–Crippen MR) is 113 cm³/mol. The Bertz CT molecular complexity index is 922. The summed E-state index contributed by atoms with van der Waals surface area (Å²) in [6, 6.07) is 0. The molecule has 9 heteroatoms. The van der Waals surface area contributed by atoms with Crippen LogP contribution in [0.4, 0.5) is 5.13 Å². The summed E-state index contributed by atoms with van der Waals surface area (Å²) in [7, 11) is 0. The first-order valence-electron chi connectivity index (χ1n) is 10.4. The highest BCUT2D eigenvalue weighted by Crippen LogP contribution is 2.61. The van der Waals surface area contributed by atoms with Crippen LogP contribution in [0.15, 0.2) is 23.8 Å². The maximum Gasteiger partial charge on any atom is 0.245 e. The van der Waals surface area contributed by atoms with Crippen LogP contribution in [-0.2, 0) is 14.3 Å². The summed E-state index contributed by atoms with van der Waals surface area (Å²) in [5.74, 6) is 0.470. The van der Waals surface area contributed by atoms with Crippen LogP contribution in [0, 0.1) is 11.8 Å². The monoisotopic (exact) mass is 432 g/mol. The van der Waals surface area contributed by atoms with Crippen molar-refractivity contribution in [3.05, 3.63) is 29.6 Å². The number of ether oxygens (including phenoxy) is 1. The van der Waals surface area contributed by atoms with E-state index in [-0.39, 0.29) is 36.1 Å². The lowest BCUT2D eigenvalue weighted by Gasteiger charge is -2.22. The molecule has 1 saturated carbocycles. The molecule has 0 spiro atoms. The van der Waals surface area contributed by atoms with Crippen LogP contribution in [0.3, 0.4) is 0 Å². The van der Waals surface area contributed by atoms with Crippen molar-refractivity contribution in [2.75, 3.05) is 25.0 Å². The number of aromatic nitrogens is 2. The van der Waals surface area contributed by atoms with E-state index in [1.54, 1.807) is 11.8 Å². The zero-order chi connectivity index (χ0) is 21.7. The number of nitrogens with zero attached hydrogens (tertiary/aromatic N) is 3. The van der Waals surface area contributed by atoms with E-state index >= 15 is 0 Å². The number of hydrogen-bond acceptors (Lipinski definition) is 7. The molecule has 0 bridgehead atoms. The molecule has 1 aromatic rings. The highest BCUT2D eigenvalue weighted by atomic mass is 32.1. The number of likely N-dealkylation sites (tertiary alicyclic amines) is 1. The van der Waals surface area contributed by atoms with Crippen LogP contribution in [0.1, 0.15) is 45.9 Å². The number of nitrogens with one attached hydrogen (secondary N) is 1. The molecule has 30 heavy (non-hydrogen) atoms. The molecular formula is C21H28N4O4S. The summed E-state index contributed by atoms with van der Waals surface area (Å²) in [6.07, 6.45) is 6.29. The van der Waals surface area contributed by atoms with Gasteiger partial charge in [0.25, 0.3) is 0 Å². The van der Waals surface area contributed by atoms with Crippen molar-refractivity contribution >= 4 is 28.5 Å². The smallest absolute Gasteiger partial charge is 0.245 e. The zero-order valence-corrected chi connectivity index (χ0v) is 18.5. The van der Waals surface area contributed by atoms with E-state index in [0.29, 0.717) is 30.5 Å². The Morgan fingerprint density at radius 1 is 1.50 bits per heavy atom. The Morgan fingerprint density at radius 2 is 2.27 bits per heavy atom. The van der Waals surface area contributed by atoms with Gasteiger partial charge in [-0.15, -0.1) is 0 Å². The molecule has 162 valence electrons. The standard InChI is InChI=1S/C21H28N4O4S/c1-5-29-21-9-13(6-7-15(21)20(21,4)28)14-8-17(27)25(10-14)11-16(26)22-19-23-18(12(2)3)24-30-19/h6-7,9,12,14-15,28H,5,8,10-11H2,1-4H3,(H,22,23,24,26)/t14-,15?,20?,21?/m1/s1. The van der Waals surface area contributed by atoms with Crippen molar-refractivity contribution in [3.63, 3.8) is 0 Å². The molecule has 3 unspecified atom stereocenters. The minimum atomic E-state index is -0.931. The molecule has 2 amide bonds. The van der Waals surface area contributed by atoms with Crippen LogP contribution in [0.25, 0.3) is 0 Å². The summed E-state index contributed by atoms with van der Waals surface area (Å²) in [6.45, 7) is 8.63. The van der Waals surface area contributed by atoms with Crippen LogP contribution in [0.2, 0.25) is 0 Å². The first-order chi connectivity index (χ1) is 14.2. The van der Waals surface area contributed by atoms with Gasteiger partial charge in [-0.25, -0.2) is 4.98 Å². The Kier molecular flexibility index (Phi) is 5.32. The average Bonchev–Trinajstić information content (AvgIpc) is 3.07. The molecular weight excluding hydrogens is 404 g/mol. The van der Waals surface area contributed by atoms with E-state index in [1.807, 2.05) is 39.0 Å². The van der Waals surface area contributed by atoms with Crippen LogP contribution in [-0.4, -0.2) is 62.1 Å². The van der Waals surface area contributed by atoms with Gasteiger partial charge in [0, 0.05) is 48.9 Å². The van der Waals surface area contributed by atoms with Crippen molar-refractivity contribution in [3.8, 4) is 0 Å². The Labute approximate surface area is 180 Å². The molecule has 0 radical (unpaired) electrons. The van der Waals surface area contributed by atoms with Gasteiger partial charge in [-0.1, -0.05) is 26.0 Å². The second-order valence-electron chi connectivity index (χ2n) is 8.69. The highest BCUT2D eigenvalue weighted by Gasteiger charge is 2.73.